The van der Waals surface area contributed by atoms with Crippen molar-refractivity contribution in [1.29, 1.82) is 5.41 Å². The Morgan fingerprint density at radius 2 is 1.60 bits per heavy atom. The smallest absolute Gasteiger partial charge is 0.407 e. The number of hydrogen-bond acceptors (Lipinski definition) is 10. The second-order valence-electron chi connectivity index (χ2n) is 13.3. The van der Waals surface area contributed by atoms with Gasteiger partial charge in [0, 0.05) is 5.92 Å². The average molecular weight is 776 g/mol. The highest BCUT2D eigenvalue weighted by molar-refractivity contribution is 6.76. The number of rotatable bonds is 11. The summed E-state index contributed by atoms with van der Waals surface area (Å²) in [6.07, 6.45) is -5.35. The highest BCUT2D eigenvalue weighted by Crippen LogP contribution is 2.44. The summed E-state index contributed by atoms with van der Waals surface area (Å²) in [5, 5.41) is 11.1. The second kappa shape index (κ2) is 16.3. The van der Waals surface area contributed by atoms with Crippen molar-refractivity contribution in [3.8, 4) is 11.1 Å². The fourth-order valence-corrected chi connectivity index (χ4v) is 6.81. The van der Waals surface area contributed by atoms with Crippen LogP contribution < -0.4 is 5.32 Å². The summed E-state index contributed by atoms with van der Waals surface area (Å²) >= 11 is 17.9. The molecule has 0 spiro atoms. The Kier molecular flexibility index (Phi) is 12.0. The van der Waals surface area contributed by atoms with E-state index in [1.54, 1.807) is 13.8 Å². The Balaban J connectivity index is 1.23. The molecule has 3 aromatic carbocycles. The molecule has 6 atom stereocenters. The topological polar surface area (TPSA) is 135 Å². The van der Waals surface area contributed by atoms with E-state index in [0.717, 1.165) is 27.8 Å². The molecule has 2 N–H and O–H groups in total. The van der Waals surface area contributed by atoms with Gasteiger partial charge in [-0.05, 0) is 48.1 Å². The van der Waals surface area contributed by atoms with E-state index >= 15 is 0 Å². The van der Waals surface area contributed by atoms with Gasteiger partial charge in [0.05, 0.1) is 25.7 Å². The minimum absolute atomic E-state index is 0.00768. The molecule has 14 heteroatoms. The van der Waals surface area contributed by atoms with Crippen LogP contribution in [-0.4, -0.2) is 77.5 Å². The lowest BCUT2D eigenvalue weighted by atomic mass is 9.95. The maximum Gasteiger partial charge on any atom is 0.407 e. The zero-order chi connectivity index (χ0) is 37.0. The van der Waals surface area contributed by atoms with Crippen LogP contribution in [0.1, 0.15) is 56.2 Å². The molecule has 11 nitrogen and oxygen atoms in total. The molecular weight excluding hydrogens is 735 g/mol. The highest BCUT2D eigenvalue weighted by Gasteiger charge is 2.55. The molecule has 0 radical (unpaired) electrons. The largest absolute Gasteiger partial charge is 0.457 e. The van der Waals surface area contributed by atoms with E-state index in [1.165, 1.54) is 0 Å². The molecule has 2 heterocycles. The number of carbonyl (C=O) groups excluding carboxylic acids is 2. The molecule has 278 valence electrons. The Hall–Kier alpha value is -3.42. The van der Waals surface area contributed by atoms with Crippen LogP contribution in [0.25, 0.3) is 11.1 Å². The number of carbonyl (C=O) groups is 2. The molecule has 0 aromatic heterocycles. The molecule has 0 saturated carbocycles. The van der Waals surface area contributed by atoms with Gasteiger partial charge in [0.1, 0.15) is 24.9 Å². The van der Waals surface area contributed by atoms with E-state index in [2.05, 4.69) is 5.32 Å². The molecule has 52 heavy (non-hydrogen) atoms. The first-order chi connectivity index (χ1) is 24.8. The normalized spacial score (nSPS) is 24.1. The number of nitrogens with one attached hydrogen (secondary N) is 2. The number of alkyl halides is 3. The van der Waals surface area contributed by atoms with Crippen LogP contribution >= 0.6 is 34.8 Å². The number of amides is 1. The number of ether oxygens (including phenoxy) is 7. The minimum Gasteiger partial charge on any atom is -0.457 e. The van der Waals surface area contributed by atoms with Gasteiger partial charge in [0.25, 0.3) is 3.79 Å². The number of esters is 1. The first-order valence-corrected chi connectivity index (χ1v) is 18.2. The van der Waals surface area contributed by atoms with Crippen molar-refractivity contribution < 1.29 is 42.7 Å². The maximum absolute atomic E-state index is 13.7. The second-order valence-corrected chi connectivity index (χ2v) is 15.5. The van der Waals surface area contributed by atoms with E-state index < -0.39 is 64.3 Å². The maximum atomic E-state index is 13.7. The van der Waals surface area contributed by atoms with Crippen molar-refractivity contribution in [3.05, 3.63) is 95.6 Å². The highest BCUT2D eigenvalue weighted by atomic mass is 35.6. The van der Waals surface area contributed by atoms with Crippen molar-refractivity contribution in [3.63, 3.8) is 0 Å². The molecule has 3 aromatic rings. The Labute approximate surface area is 317 Å². The molecule has 1 aliphatic carbocycles. The number of halogens is 3. The van der Waals surface area contributed by atoms with E-state index in [0.29, 0.717) is 13.0 Å². The Morgan fingerprint density at radius 3 is 2.23 bits per heavy atom. The lowest BCUT2D eigenvalue weighted by Crippen LogP contribution is -2.69. The molecule has 2 saturated heterocycles. The molecule has 2 fully saturated rings. The van der Waals surface area contributed by atoms with Crippen molar-refractivity contribution >= 4 is 52.8 Å². The Morgan fingerprint density at radius 1 is 0.962 bits per heavy atom. The fourth-order valence-electron chi connectivity index (χ4n) is 6.67. The summed E-state index contributed by atoms with van der Waals surface area (Å²) in [6, 6.07) is 24.2. The number of alkyl carbamates (subject to hydrolysis) is 1. The third-order valence-electron chi connectivity index (χ3n) is 9.23. The zero-order valence-electron chi connectivity index (χ0n) is 28.9. The van der Waals surface area contributed by atoms with Crippen LogP contribution in [0.15, 0.2) is 78.9 Å². The van der Waals surface area contributed by atoms with Crippen molar-refractivity contribution in [1.82, 2.24) is 5.32 Å². The zero-order valence-corrected chi connectivity index (χ0v) is 31.2. The van der Waals surface area contributed by atoms with E-state index in [4.69, 9.17) is 73.4 Å². The first kappa shape index (κ1) is 38.3. The van der Waals surface area contributed by atoms with Gasteiger partial charge >= 0.3 is 12.1 Å². The van der Waals surface area contributed by atoms with Gasteiger partial charge in [0.15, 0.2) is 11.9 Å². The summed E-state index contributed by atoms with van der Waals surface area (Å²) in [4.78, 5) is 27.3. The summed E-state index contributed by atoms with van der Waals surface area (Å²) in [5.74, 6) is -2.70. The summed E-state index contributed by atoms with van der Waals surface area (Å²) in [5.41, 5.74) is 5.16. The molecule has 2 unspecified atom stereocenters. The molecule has 1 amide bonds. The van der Waals surface area contributed by atoms with Gasteiger partial charge in [-0.25, -0.2) is 4.79 Å². The van der Waals surface area contributed by atoms with Crippen molar-refractivity contribution in [2.75, 3.05) is 13.2 Å². The van der Waals surface area contributed by atoms with E-state index in [9.17, 15) is 9.59 Å². The third-order valence-corrected chi connectivity index (χ3v) is 9.74. The monoisotopic (exact) mass is 774 g/mol. The quantitative estimate of drug-likeness (QED) is 0.0883. The van der Waals surface area contributed by atoms with Gasteiger partial charge < -0.3 is 38.5 Å². The van der Waals surface area contributed by atoms with Gasteiger partial charge in [-0.15, -0.1) is 0 Å². The molecule has 3 aliphatic rings. The van der Waals surface area contributed by atoms with Crippen molar-refractivity contribution in [2.24, 2.45) is 0 Å². The van der Waals surface area contributed by atoms with Gasteiger partial charge in [-0.1, -0.05) is 121 Å². The summed E-state index contributed by atoms with van der Waals surface area (Å²) < 4.78 is 39.7. The third kappa shape index (κ3) is 9.02. The molecule has 0 bridgehead atoms. The number of fused-ring (bicyclic) bond motifs is 4. The first-order valence-electron chi connectivity index (χ1n) is 17.1. The molecule has 2 aliphatic heterocycles. The minimum atomic E-state index is -2.26. The lowest BCUT2D eigenvalue weighted by molar-refractivity contribution is -0.363. The average Bonchev–Trinajstić information content (AvgIpc) is 3.44. The number of hydrogen-bond donors (Lipinski definition) is 2. The van der Waals surface area contributed by atoms with E-state index in [1.807, 2.05) is 85.8 Å². The van der Waals surface area contributed by atoms with Crippen LogP contribution in [0.2, 0.25) is 0 Å². The van der Waals surface area contributed by atoms with E-state index in [-0.39, 0.29) is 25.6 Å². The van der Waals surface area contributed by atoms with Crippen LogP contribution in [0.4, 0.5) is 4.79 Å². The fraction of sp³-hybridized carbons (Fsp3) is 0.447. The van der Waals surface area contributed by atoms with Crippen LogP contribution in [0, 0.1) is 5.41 Å². The lowest BCUT2D eigenvalue weighted by Gasteiger charge is -2.50. The summed E-state index contributed by atoms with van der Waals surface area (Å²) in [7, 11) is 0. The SMILES string of the molecule is CC[C@H](CC(=O)O[C@@H]1C(NC(=O)OCC2c3ccccc3-c3ccccc32)[C@@H](OC(=N)C(Cl)(Cl)Cl)OC2COC(C)(C)O[C@H]21)OCc1ccccc1. The van der Waals surface area contributed by atoms with Crippen LogP contribution in [-0.2, 0) is 44.6 Å². The van der Waals surface area contributed by atoms with Gasteiger partial charge in [-0.3, -0.25) is 10.2 Å². The van der Waals surface area contributed by atoms with Crippen LogP contribution in [0.3, 0.4) is 0 Å². The predicted molar refractivity (Wildman–Crippen MR) is 194 cm³/mol. The van der Waals surface area contributed by atoms with Crippen LogP contribution in [0.5, 0.6) is 0 Å². The van der Waals surface area contributed by atoms with Gasteiger partial charge in [0.2, 0.25) is 12.2 Å². The number of benzene rings is 3. The van der Waals surface area contributed by atoms with Crippen molar-refractivity contribution in [2.45, 2.75) is 92.5 Å². The standard InChI is InChI=1S/C38H41Cl3N2O9/c1-4-23(46-19-22-12-6-5-7-13-22)18-30(44)50-33-31(34(51-35(42)38(39,40)41)49-29-21-48-37(2,3)52-32(29)33)43-36(45)47-20-28-26-16-10-8-14-24(26)25-15-9-11-17-27(25)28/h5-17,23,28-29,31-34,42H,4,18-21H2,1-3H3,(H,43,45)/t23-,29?,31?,32-,33-,34-/m1/s1. The summed E-state index contributed by atoms with van der Waals surface area (Å²) in [6.45, 7) is 5.66. The predicted octanol–water partition coefficient (Wildman–Crippen LogP) is 7.43. The van der Waals surface area contributed by atoms with Gasteiger partial charge in [-0.2, -0.15) is 0 Å². The molecular formula is C38H41Cl3N2O9. The Bertz CT molecular complexity index is 1690. The molecule has 6 rings (SSSR count).